The molecule has 0 aromatic heterocycles. The Morgan fingerprint density at radius 2 is 2.26 bits per heavy atom. The highest BCUT2D eigenvalue weighted by molar-refractivity contribution is 5.81. The zero-order chi connectivity index (χ0) is 13.8. The highest BCUT2D eigenvalue weighted by atomic mass is 19.1. The van der Waals surface area contributed by atoms with Gasteiger partial charge in [0.2, 0.25) is 0 Å². The van der Waals surface area contributed by atoms with Gasteiger partial charge < -0.3 is 15.8 Å². The molecule has 5 heteroatoms. The van der Waals surface area contributed by atoms with Crippen molar-refractivity contribution < 1.29 is 13.9 Å². The van der Waals surface area contributed by atoms with E-state index in [1.54, 1.807) is 6.92 Å². The number of hydrogen-bond donors (Lipinski definition) is 2. The van der Waals surface area contributed by atoms with Crippen LogP contribution < -0.4 is 15.8 Å². The van der Waals surface area contributed by atoms with E-state index in [1.807, 2.05) is 0 Å². The maximum Gasteiger partial charge on any atom is 0.261 e. The van der Waals surface area contributed by atoms with E-state index in [-0.39, 0.29) is 17.8 Å². The fraction of sp³-hybridized carbons (Fsp3) is 0.500. The quantitative estimate of drug-likeness (QED) is 0.878. The molecule has 1 unspecified atom stereocenters. The number of nitrogens with one attached hydrogen (secondary N) is 1. The molecule has 2 rings (SSSR count). The number of benzene rings is 1. The summed E-state index contributed by atoms with van der Waals surface area (Å²) in [4.78, 5) is 11.8. The molecule has 0 saturated carbocycles. The molecule has 1 heterocycles. The summed E-state index contributed by atoms with van der Waals surface area (Å²) in [6, 6.07) is 3.86. The molecule has 1 saturated heterocycles. The molecule has 1 aliphatic heterocycles. The number of ether oxygens (including phenoxy) is 1. The second-order valence-electron chi connectivity index (χ2n) is 4.86. The molecule has 0 bridgehead atoms. The van der Waals surface area contributed by atoms with Crippen LogP contribution in [0.3, 0.4) is 0 Å². The summed E-state index contributed by atoms with van der Waals surface area (Å²) in [6.07, 6.45) is 2.03. The van der Waals surface area contributed by atoms with Gasteiger partial charge in [0.1, 0.15) is 11.6 Å². The number of carbonyl (C=O) groups is 1. The van der Waals surface area contributed by atoms with Gasteiger partial charge >= 0.3 is 0 Å². The van der Waals surface area contributed by atoms with Crippen LogP contribution in [0, 0.1) is 5.82 Å². The van der Waals surface area contributed by atoms with Crippen LogP contribution in [0.15, 0.2) is 18.2 Å². The lowest BCUT2D eigenvalue weighted by molar-refractivity contribution is -0.127. The number of nitrogens with two attached hydrogens (primary N) is 1. The first-order valence-corrected chi connectivity index (χ1v) is 6.57. The Bertz CT molecular complexity index is 463. The molecule has 104 valence electrons. The van der Waals surface area contributed by atoms with Crippen molar-refractivity contribution in [1.82, 2.24) is 5.32 Å². The van der Waals surface area contributed by atoms with Gasteiger partial charge in [-0.2, -0.15) is 0 Å². The lowest BCUT2D eigenvalue weighted by atomic mass is 10.1. The van der Waals surface area contributed by atoms with Crippen LogP contribution in [0.2, 0.25) is 0 Å². The molecule has 2 atom stereocenters. The number of hydrogen-bond acceptors (Lipinski definition) is 3. The van der Waals surface area contributed by atoms with Crippen molar-refractivity contribution in [2.45, 2.75) is 38.3 Å². The van der Waals surface area contributed by atoms with Crippen molar-refractivity contribution in [3.63, 3.8) is 0 Å². The summed E-state index contributed by atoms with van der Waals surface area (Å²) >= 11 is 0. The van der Waals surface area contributed by atoms with Gasteiger partial charge in [0, 0.05) is 18.2 Å². The van der Waals surface area contributed by atoms with E-state index < -0.39 is 6.10 Å². The van der Waals surface area contributed by atoms with Gasteiger partial charge in [-0.05, 0) is 44.4 Å². The predicted molar refractivity (Wildman–Crippen MR) is 70.3 cm³/mol. The summed E-state index contributed by atoms with van der Waals surface area (Å²) < 4.78 is 19.0. The van der Waals surface area contributed by atoms with Gasteiger partial charge in [-0.25, -0.2) is 4.39 Å². The lowest BCUT2D eigenvalue weighted by Gasteiger charge is -2.19. The van der Waals surface area contributed by atoms with Crippen molar-refractivity contribution in [2.24, 2.45) is 5.73 Å². The highest BCUT2D eigenvalue weighted by Gasteiger charge is 2.23. The van der Waals surface area contributed by atoms with E-state index in [1.165, 1.54) is 18.2 Å². The van der Waals surface area contributed by atoms with E-state index in [0.29, 0.717) is 24.3 Å². The number of carbonyl (C=O) groups excluding carboxylic acids is 1. The van der Waals surface area contributed by atoms with Gasteiger partial charge in [-0.1, -0.05) is 0 Å². The molecule has 1 amide bonds. The smallest absolute Gasteiger partial charge is 0.261 e. The Hall–Kier alpha value is -1.62. The van der Waals surface area contributed by atoms with Gasteiger partial charge in [0.25, 0.3) is 5.91 Å². The normalized spacial score (nSPS) is 21.4. The number of amides is 1. The second kappa shape index (κ2) is 6.02. The van der Waals surface area contributed by atoms with E-state index in [2.05, 4.69) is 5.32 Å². The van der Waals surface area contributed by atoms with E-state index >= 15 is 0 Å². The van der Waals surface area contributed by atoms with Crippen molar-refractivity contribution in [3.8, 4) is 5.75 Å². The van der Waals surface area contributed by atoms with Crippen molar-refractivity contribution in [3.05, 3.63) is 29.6 Å². The SMILES string of the molecule is C[C@H](N)c1cc(F)ccc1OC1CCCCNC1=O. The third-order valence-electron chi connectivity index (χ3n) is 3.22. The van der Waals surface area contributed by atoms with Crippen LogP contribution in [0.25, 0.3) is 0 Å². The van der Waals surface area contributed by atoms with Gasteiger partial charge in [-0.15, -0.1) is 0 Å². The Balaban J connectivity index is 2.19. The Morgan fingerprint density at radius 1 is 1.47 bits per heavy atom. The fourth-order valence-electron chi connectivity index (χ4n) is 2.16. The van der Waals surface area contributed by atoms with Crippen LogP contribution in [0.1, 0.15) is 37.8 Å². The monoisotopic (exact) mass is 266 g/mol. The minimum absolute atomic E-state index is 0.113. The standard InChI is InChI=1S/C14H19FN2O2/c1-9(16)11-8-10(15)5-6-12(11)19-13-4-2-3-7-17-14(13)18/h5-6,8-9,13H,2-4,7,16H2,1H3,(H,17,18)/t9-,13?/m0/s1. The van der Waals surface area contributed by atoms with Gasteiger partial charge in [-0.3, -0.25) is 4.79 Å². The molecule has 0 spiro atoms. The summed E-state index contributed by atoms with van der Waals surface area (Å²) in [5.41, 5.74) is 6.39. The molecule has 19 heavy (non-hydrogen) atoms. The molecule has 1 aromatic rings. The summed E-state index contributed by atoms with van der Waals surface area (Å²) in [5, 5.41) is 2.81. The van der Waals surface area contributed by atoms with Crippen LogP contribution in [-0.4, -0.2) is 18.6 Å². The van der Waals surface area contributed by atoms with E-state index in [4.69, 9.17) is 10.5 Å². The first-order valence-electron chi connectivity index (χ1n) is 6.57. The first kappa shape index (κ1) is 13.8. The molecule has 0 radical (unpaired) electrons. The number of rotatable bonds is 3. The van der Waals surface area contributed by atoms with Crippen molar-refractivity contribution >= 4 is 5.91 Å². The molecule has 1 aliphatic rings. The topological polar surface area (TPSA) is 64.3 Å². The molecule has 3 N–H and O–H groups in total. The predicted octanol–water partition coefficient (Wildman–Crippen LogP) is 1.89. The summed E-state index contributed by atoms with van der Waals surface area (Å²) in [7, 11) is 0. The number of halogens is 1. The molecule has 0 aliphatic carbocycles. The largest absolute Gasteiger partial charge is 0.480 e. The molecule has 1 fully saturated rings. The Morgan fingerprint density at radius 3 is 3.00 bits per heavy atom. The summed E-state index contributed by atoms with van der Waals surface area (Å²) in [5.74, 6) is 0.0147. The van der Waals surface area contributed by atoms with E-state index in [0.717, 1.165) is 12.8 Å². The minimum Gasteiger partial charge on any atom is -0.480 e. The third kappa shape index (κ3) is 3.44. The van der Waals surface area contributed by atoms with Crippen LogP contribution >= 0.6 is 0 Å². The maximum atomic E-state index is 13.2. The molecule has 1 aromatic carbocycles. The zero-order valence-electron chi connectivity index (χ0n) is 11.0. The molecule has 4 nitrogen and oxygen atoms in total. The van der Waals surface area contributed by atoms with Crippen LogP contribution in [-0.2, 0) is 4.79 Å². The maximum absolute atomic E-state index is 13.2. The summed E-state index contributed by atoms with van der Waals surface area (Å²) in [6.45, 7) is 2.44. The zero-order valence-corrected chi connectivity index (χ0v) is 11.0. The Labute approximate surface area is 112 Å². The molecular weight excluding hydrogens is 247 g/mol. The lowest BCUT2D eigenvalue weighted by Crippen LogP contribution is -2.36. The fourth-order valence-corrected chi connectivity index (χ4v) is 2.16. The van der Waals surface area contributed by atoms with Gasteiger partial charge in [0.05, 0.1) is 0 Å². The van der Waals surface area contributed by atoms with Gasteiger partial charge in [0.15, 0.2) is 6.10 Å². The average molecular weight is 266 g/mol. The highest BCUT2D eigenvalue weighted by Crippen LogP contribution is 2.27. The van der Waals surface area contributed by atoms with E-state index in [9.17, 15) is 9.18 Å². The van der Waals surface area contributed by atoms with Crippen LogP contribution in [0.5, 0.6) is 5.75 Å². The van der Waals surface area contributed by atoms with Crippen LogP contribution in [0.4, 0.5) is 4.39 Å². The second-order valence-corrected chi connectivity index (χ2v) is 4.86. The first-order chi connectivity index (χ1) is 9.08. The average Bonchev–Trinajstić information content (AvgIpc) is 2.57. The molecular formula is C14H19FN2O2. The Kier molecular flexibility index (Phi) is 4.37. The minimum atomic E-state index is -0.523. The third-order valence-corrected chi connectivity index (χ3v) is 3.22. The van der Waals surface area contributed by atoms with Crippen molar-refractivity contribution in [2.75, 3.05) is 6.54 Å². The van der Waals surface area contributed by atoms with Crippen molar-refractivity contribution in [1.29, 1.82) is 0 Å².